The number of benzene rings is 2. The van der Waals surface area contributed by atoms with Gasteiger partial charge in [0, 0.05) is 18.2 Å². The number of rotatable bonds is 3. The fraction of sp³-hybridized carbons (Fsp3) is 0.0769. The van der Waals surface area contributed by atoms with Crippen molar-refractivity contribution in [2.24, 2.45) is 0 Å². The molecule has 0 bridgehead atoms. The molecule has 0 aliphatic heterocycles. The van der Waals surface area contributed by atoms with Crippen molar-refractivity contribution >= 4 is 34.6 Å². The first kappa shape index (κ1) is 17.2. The van der Waals surface area contributed by atoms with Crippen molar-refractivity contribution in [2.45, 2.75) is 6.18 Å². The average Bonchev–Trinajstić information content (AvgIpc) is 2.41. The van der Waals surface area contributed by atoms with Gasteiger partial charge in [-0.2, -0.15) is 13.2 Å². The maximum Gasteiger partial charge on any atom is 0.420 e. The van der Waals surface area contributed by atoms with Gasteiger partial charge in [-0.05, 0) is 12.1 Å². The lowest BCUT2D eigenvalue weighted by molar-refractivity contribution is -0.384. The van der Waals surface area contributed by atoms with Gasteiger partial charge in [0.05, 0.1) is 15.0 Å². The minimum absolute atomic E-state index is 0.0295. The Morgan fingerprint density at radius 3 is 2.30 bits per heavy atom. The summed E-state index contributed by atoms with van der Waals surface area (Å²) < 4.78 is 44.4. The van der Waals surface area contributed by atoms with E-state index in [0.29, 0.717) is 6.07 Å². The minimum atomic E-state index is -4.87. The molecule has 5 nitrogen and oxygen atoms in total. The molecular formula is C13H7Cl2F3N2O3. The van der Waals surface area contributed by atoms with Crippen LogP contribution in [0.25, 0.3) is 0 Å². The van der Waals surface area contributed by atoms with Crippen molar-refractivity contribution in [1.29, 1.82) is 0 Å². The van der Waals surface area contributed by atoms with Crippen LogP contribution in [0, 0.1) is 10.1 Å². The minimum Gasteiger partial charge on any atom is -0.457 e. The predicted molar refractivity (Wildman–Crippen MR) is 79.0 cm³/mol. The molecular weight excluding hydrogens is 360 g/mol. The normalized spacial score (nSPS) is 11.3. The van der Waals surface area contributed by atoms with Crippen molar-refractivity contribution in [2.75, 3.05) is 5.73 Å². The molecule has 2 rings (SSSR count). The largest absolute Gasteiger partial charge is 0.457 e. The Bertz CT molecular complexity index is 782. The molecule has 0 spiro atoms. The summed E-state index contributed by atoms with van der Waals surface area (Å²) in [6.07, 6.45) is -4.87. The third kappa shape index (κ3) is 3.77. The van der Waals surface area contributed by atoms with E-state index in [9.17, 15) is 23.3 Å². The second kappa shape index (κ2) is 6.13. The molecule has 0 amide bonds. The topological polar surface area (TPSA) is 78.4 Å². The quantitative estimate of drug-likeness (QED) is 0.454. The van der Waals surface area contributed by atoms with E-state index in [0.717, 1.165) is 6.07 Å². The number of nitro groups is 1. The Kier molecular flexibility index (Phi) is 4.58. The van der Waals surface area contributed by atoms with Crippen LogP contribution in [0.3, 0.4) is 0 Å². The summed E-state index contributed by atoms with van der Waals surface area (Å²) in [4.78, 5) is 9.73. The van der Waals surface area contributed by atoms with Gasteiger partial charge >= 0.3 is 6.18 Å². The highest BCUT2D eigenvalue weighted by Gasteiger charge is 2.37. The molecule has 0 saturated heterocycles. The first-order valence-corrected chi connectivity index (χ1v) is 6.63. The van der Waals surface area contributed by atoms with E-state index >= 15 is 0 Å². The van der Waals surface area contributed by atoms with Crippen molar-refractivity contribution < 1.29 is 22.8 Å². The number of hydrogen-bond acceptors (Lipinski definition) is 4. The number of nitrogens with two attached hydrogens (primary N) is 1. The Morgan fingerprint density at radius 2 is 1.78 bits per heavy atom. The van der Waals surface area contributed by atoms with Crippen LogP contribution in [0.4, 0.5) is 24.5 Å². The third-order valence-electron chi connectivity index (χ3n) is 2.75. The van der Waals surface area contributed by atoms with Crippen LogP contribution >= 0.6 is 23.2 Å². The van der Waals surface area contributed by atoms with E-state index in [-0.39, 0.29) is 15.8 Å². The molecule has 0 atom stereocenters. The highest BCUT2D eigenvalue weighted by molar-refractivity contribution is 6.42. The van der Waals surface area contributed by atoms with Gasteiger partial charge < -0.3 is 10.5 Å². The molecule has 0 fully saturated rings. The van der Waals surface area contributed by atoms with Crippen molar-refractivity contribution in [3.05, 3.63) is 56.1 Å². The highest BCUT2D eigenvalue weighted by Crippen LogP contribution is 2.43. The molecule has 2 N–H and O–H groups in total. The van der Waals surface area contributed by atoms with Crippen LogP contribution in [0.15, 0.2) is 30.3 Å². The van der Waals surface area contributed by atoms with Gasteiger partial charge in [0.15, 0.2) is 0 Å². The zero-order valence-corrected chi connectivity index (χ0v) is 12.5. The number of anilines is 1. The van der Waals surface area contributed by atoms with Crippen LogP contribution in [0.2, 0.25) is 10.0 Å². The summed E-state index contributed by atoms with van der Waals surface area (Å²) >= 11 is 11.5. The van der Waals surface area contributed by atoms with E-state index < -0.39 is 33.8 Å². The van der Waals surface area contributed by atoms with Gasteiger partial charge in [-0.3, -0.25) is 10.1 Å². The van der Waals surface area contributed by atoms with Gasteiger partial charge in [0.25, 0.3) is 5.69 Å². The van der Waals surface area contributed by atoms with Crippen molar-refractivity contribution in [1.82, 2.24) is 0 Å². The smallest absolute Gasteiger partial charge is 0.420 e. The molecule has 2 aromatic carbocycles. The van der Waals surface area contributed by atoms with E-state index in [1.54, 1.807) is 0 Å². The molecule has 122 valence electrons. The molecule has 0 radical (unpaired) electrons. The summed E-state index contributed by atoms with van der Waals surface area (Å²) in [5, 5.41) is 11.0. The molecule has 10 heteroatoms. The number of nitro benzene ring substituents is 1. The van der Waals surface area contributed by atoms with Crippen LogP contribution in [0.5, 0.6) is 11.5 Å². The SMILES string of the molecule is Nc1cc(Oc2ccc(Cl)c(Cl)c2)c(C(F)(F)F)cc1[N+](=O)[O-]. The summed E-state index contributed by atoms with van der Waals surface area (Å²) in [6.45, 7) is 0. The molecule has 0 unspecified atom stereocenters. The third-order valence-corrected chi connectivity index (χ3v) is 3.49. The summed E-state index contributed by atoms with van der Waals surface area (Å²) in [5.74, 6) is -0.711. The Labute approximate surface area is 137 Å². The average molecular weight is 367 g/mol. The molecule has 2 aromatic rings. The molecule has 0 saturated carbocycles. The number of nitrogen functional groups attached to an aromatic ring is 1. The molecule has 0 aromatic heterocycles. The van der Waals surface area contributed by atoms with Crippen molar-refractivity contribution in [3.8, 4) is 11.5 Å². The Hall–Kier alpha value is -2.19. The summed E-state index contributed by atoms with van der Waals surface area (Å²) in [6, 6.07) is 4.90. The van der Waals surface area contributed by atoms with Crippen LogP contribution in [-0.2, 0) is 6.18 Å². The van der Waals surface area contributed by atoms with Crippen LogP contribution in [0.1, 0.15) is 5.56 Å². The van der Waals surface area contributed by atoms with E-state index in [1.165, 1.54) is 18.2 Å². The van der Waals surface area contributed by atoms with Crippen LogP contribution < -0.4 is 10.5 Å². The summed E-state index contributed by atoms with van der Waals surface area (Å²) in [5.41, 5.74) is 2.75. The number of hydrogen-bond donors (Lipinski definition) is 1. The lowest BCUT2D eigenvalue weighted by Gasteiger charge is -2.14. The maximum absolute atomic E-state index is 13.1. The highest BCUT2D eigenvalue weighted by atomic mass is 35.5. The standard InChI is InChI=1S/C13H7Cl2F3N2O3/c14-8-2-1-6(3-9(8)15)23-12-5-10(19)11(20(21)22)4-7(12)13(16,17)18/h1-5H,19H2. The predicted octanol–water partition coefficient (Wildman–Crippen LogP) is 5.29. The van der Waals surface area contributed by atoms with E-state index in [1.807, 2.05) is 0 Å². The second-order valence-electron chi connectivity index (χ2n) is 4.34. The Balaban J connectivity index is 2.54. The van der Waals surface area contributed by atoms with Crippen molar-refractivity contribution in [3.63, 3.8) is 0 Å². The number of halogens is 5. The van der Waals surface area contributed by atoms with E-state index in [2.05, 4.69) is 0 Å². The molecule has 0 aliphatic rings. The monoisotopic (exact) mass is 366 g/mol. The zero-order chi connectivity index (χ0) is 17.4. The van der Waals surface area contributed by atoms with E-state index in [4.69, 9.17) is 33.7 Å². The number of nitrogens with zero attached hydrogens (tertiary/aromatic N) is 1. The fourth-order valence-electron chi connectivity index (χ4n) is 1.72. The van der Waals surface area contributed by atoms with Gasteiger partial charge in [0.2, 0.25) is 0 Å². The Morgan fingerprint density at radius 1 is 1.13 bits per heavy atom. The van der Waals surface area contributed by atoms with Crippen LogP contribution in [-0.4, -0.2) is 4.92 Å². The number of alkyl halides is 3. The first-order valence-electron chi connectivity index (χ1n) is 5.87. The van der Waals surface area contributed by atoms with Gasteiger partial charge in [-0.15, -0.1) is 0 Å². The lowest BCUT2D eigenvalue weighted by Crippen LogP contribution is -2.09. The lowest BCUT2D eigenvalue weighted by atomic mass is 10.1. The maximum atomic E-state index is 13.1. The fourth-order valence-corrected chi connectivity index (χ4v) is 2.00. The van der Waals surface area contributed by atoms with Gasteiger partial charge in [-0.1, -0.05) is 23.2 Å². The molecule has 0 heterocycles. The van der Waals surface area contributed by atoms with Gasteiger partial charge in [-0.25, -0.2) is 0 Å². The molecule has 23 heavy (non-hydrogen) atoms. The summed E-state index contributed by atoms with van der Waals surface area (Å²) in [7, 11) is 0. The first-order chi connectivity index (χ1) is 10.6. The number of ether oxygens (including phenoxy) is 1. The van der Waals surface area contributed by atoms with Gasteiger partial charge in [0.1, 0.15) is 22.7 Å². The zero-order valence-electron chi connectivity index (χ0n) is 11.0. The second-order valence-corrected chi connectivity index (χ2v) is 5.15. The molecule has 0 aliphatic carbocycles.